The summed E-state index contributed by atoms with van der Waals surface area (Å²) < 4.78 is 23.0. The zero-order valence-electron chi connectivity index (χ0n) is 17.2. The first-order valence-electron chi connectivity index (χ1n) is 9.87. The molecule has 5 rings (SSSR count). The van der Waals surface area contributed by atoms with Crippen molar-refractivity contribution in [1.82, 2.24) is 14.1 Å². The first kappa shape index (κ1) is 18.4. The molecule has 0 fully saturated rings. The number of benzene rings is 2. The lowest BCUT2D eigenvalue weighted by atomic mass is 10.0. The molecule has 150 valence electrons. The van der Waals surface area contributed by atoms with Gasteiger partial charge in [-0.05, 0) is 53.9 Å². The minimum Gasteiger partial charge on any atom is -0.479 e. The van der Waals surface area contributed by atoms with E-state index in [9.17, 15) is 4.39 Å². The Kier molecular flexibility index (Phi) is 4.31. The number of hydrogen-bond donors (Lipinski definition) is 0. The van der Waals surface area contributed by atoms with E-state index in [0.29, 0.717) is 12.4 Å². The number of halogens is 1. The van der Waals surface area contributed by atoms with Gasteiger partial charge in [-0.25, -0.2) is 9.37 Å². The average molecular weight is 399 g/mol. The van der Waals surface area contributed by atoms with Crippen LogP contribution in [0.1, 0.15) is 11.1 Å². The molecule has 0 radical (unpaired) electrons. The number of rotatable bonds is 4. The largest absolute Gasteiger partial charge is 0.479 e. The quantitative estimate of drug-likeness (QED) is 0.388. The van der Waals surface area contributed by atoms with E-state index in [2.05, 4.69) is 51.6 Å². The highest BCUT2D eigenvalue weighted by molar-refractivity contribution is 6.00. The van der Waals surface area contributed by atoms with Crippen LogP contribution in [-0.2, 0) is 13.6 Å². The second-order valence-corrected chi connectivity index (χ2v) is 7.67. The lowest BCUT2D eigenvalue weighted by Crippen LogP contribution is -1.98. The van der Waals surface area contributed by atoms with Crippen LogP contribution in [0, 0.1) is 12.7 Å². The average Bonchev–Trinajstić information content (AvgIpc) is 3.31. The second-order valence-electron chi connectivity index (χ2n) is 7.67. The normalized spacial score (nSPS) is 11.5. The van der Waals surface area contributed by atoms with Gasteiger partial charge in [0.25, 0.3) is 0 Å². The predicted octanol–water partition coefficient (Wildman–Crippen LogP) is 5.70. The number of hydrogen-bond acceptors (Lipinski definition) is 2. The third-order valence-electron chi connectivity index (χ3n) is 5.72. The molecule has 0 aliphatic heterocycles. The van der Waals surface area contributed by atoms with Crippen LogP contribution in [0.4, 0.5) is 4.39 Å². The molecule has 0 aliphatic carbocycles. The molecule has 3 aromatic heterocycles. The highest BCUT2D eigenvalue weighted by Gasteiger charge is 2.15. The van der Waals surface area contributed by atoms with Crippen LogP contribution in [0.3, 0.4) is 0 Å². The Labute approximate surface area is 174 Å². The van der Waals surface area contributed by atoms with Gasteiger partial charge in [0.05, 0.1) is 7.11 Å². The maximum atomic E-state index is 13.3. The lowest BCUT2D eigenvalue weighted by Gasteiger charge is -2.09. The van der Waals surface area contributed by atoms with E-state index in [1.807, 2.05) is 25.2 Å². The smallest absolute Gasteiger partial charge is 0.238 e. The van der Waals surface area contributed by atoms with Crippen LogP contribution in [0.25, 0.3) is 32.9 Å². The van der Waals surface area contributed by atoms with Crippen molar-refractivity contribution in [2.45, 2.75) is 13.5 Å². The summed E-state index contributed by atoms with van der Waals surface area (Å²) in [6, 6.07) is 15.3. The van der Waals surface area contributed by atoms with Crippen molar-refractivity contribution in [3.8, 4) is 17.0 Å². The van der Waals surface area contributed by atoms with E-state index in [0.717, 1.165) is 33.1 Å². The first-order valence-corrected chi connectivity index (χ1v) is 9.87. The molecule has 2 aromatic carbocycles. The van der Waals surface area contributed by atoms with Crippen LogP contribution >= 0.6 is 0 Å². The molecule has 5 aromatic rings. The van der Waals surface area contributed by atoms with Gasteiger partial charge in [0.15, 0.2) is 0 Å². The minimum absolute atomic E-state index is 0.213. The van der Waals surface area contributed by atoms with E-state index in [1.54, 1.807) is 13.3 Å². The molecule has 0 N–H and O–H groups in total. The van der Waals surface area contributed by atoms with Crippen molar-refractivity contribution in [2.75, 3.05) is 7.11 Å². The Bertz CT molecular complexity index is 1380. The SMILES string of the molecule is COc1nccc2c(-c3cc(C)c4ccn(Cc5ccc(F)cc5)c4c3)cn(C)c12. The molecular formula is C25H22FN3O. The Morgan fingerprint density at radius 1 is 1.03 bits per heavy atom. The number of fused-ring (bicyclic) bond motifs is 2. The summed E-state index contributed by atoms with van der Waals surface area (Å²) in [5, 5.41) is 2.33. The third kappa shape index (κ3) is 2.94. The van der Waals surface area contributed by atoms with Crippen molar-refractivity contribution < 1.29 is 9.13 Å². The molecule has 0 amide bonds. The summed E-state index contributed by atoms with van der Waals surface area (Å²) >= 11 is 0. The van der Waals surface area contributed by atoms with Gasteiger partial charge in [-0.15, -0.1) is 0 Å². The van der Waals surface area contributed by atoms with Gasteiger partial charge in [-0.3, -0.25) is 0 Å². The number of methoxy groups -OCH3 is 1. The standard InChI is InChI=1S/C25H22FN3O/c1-16-12-18(22-15-28(2)24-21(22)8-10-27-25(24)30-3)13-23-20(16)9-11-29(23)14-17-4-6-19(26)7-5-17/h4-13,15H,14H2,1-3H3. The molecule has 0 saturated heterocycles. The van der Waals surface area contributed by atoms with Gasteiger partial charge in [0.2, 0.25) is 5.88 Å². The molecule has 0 aliphatic rings. The molecule has 5 heteroatoms. The van der Waals surface area contributed by atoms with Crippen LogP contribution in [0.2, 0.25) is 0 Å². The van der Waals surface area contributed by atoms with Crippen LogP contribution in [0.5, 0.6) is 5.88 Å². The number of aromatic nitrogens is 3. The Balaban J connectivity index is 1.66. The van der Waals surface area contributed by atoms with Gasteiger partial charge in [0.1, 0.15) is 11.3 Å². The highest BCUT2D eigenvalue weighted by atomic mass is 19.1. The van der Waals surface area contributed by atoms with Crippen molar-refractivity contribution in [2.24, 2.45) is 7.05 Å². The van der Waals surface area contributed by atoms with E-state index in [4.69, 9.17) is 4.74 Å². The van der Waals surface area contributed by atoms with Crippen molar-refractivity contribution >= 4 is 21.8 Å². The van der Waals surface area contributed by atoms with E-state index < -0.39 is 0 Å². The summed E-state index contributed by atoms with van der Waals surface area (Å²) in [7, 11) is 3.66. The molecular weight excluding hydrogens is 377 g/mol. The fourth-order valence-corrected chi connectivity index (χ4v) is 4.26. The Morgan fingerprint density at radius 2 is 1.83 bits per heavy atom. The van der Waals surface area contributed by atoms with Crippen LogP contribution in [-0.4, -0.2) is 21.2 Å². The predicted molar refractivity (Wildman–Crippen MR) is 118 cm³/mol. The fourth-order valence-electron chi connectivity index (χ4n) is 4.26. The topological polar surface area (TPSA) is 32.0 Å². The molecule has 0 atom stereocenters. The van der Waals surface area contributed by atoms with Crippen molar-refractivity contribution in [3.05, 3.63) is 84.1 Å². The highest BCUT2D eigenvalue weighted by Crippen LogP contribution is 2.36. The monoisotopic (exact) mass is 399 g/mol. The van der Waals surface area contributed by atoms with E-state index in [1.165, 1.54) is 23.1 Å². The maximum Gasteiger partial charge on any atom is 0.238 e. The van der Waals surface area contributed by atoms with Crippen molar-refractivity contribution in [1.29, 1.82) is 0 Å². The molecule has 0 unspecified atom stereocenters. The first-order chi connectivity index (χ1) is 14.5. The van der Waals surface area contributed by atoms with E-state index >= 15 is 0 Å². The number of nitrogens with zero attached hydrogens (tertiary/aromatic N) is 3. The zero-order valence-corrected chi connectivity index (χ0v) is 17.2. The summed E-state index contributed by atoms with van der Waals surface area (Å²) in [6.07, 6.45) is 6.01. The molecule has 0 bridgehead atoms. The van der Waals surface area contributed by atoms with Gasteiger partial charge in [0, 0.05) is 54.0 Å². The second kappa shape index (κ2) is 7.02. The Hall–Kier alpha value is -3.60. The summed E-state index contributed by atoms with van der Waals surface area (Å²) in [5.41, 5.74) is 6.73. The van der Waals surface area contributed by atoms with Gasteiger partial charge < -0.3 is 13.9 Å². The molecule has 0 saturated carbocycles. The summed E-state index contributed by atoms with van der Waals surface area (Å²) in [6.45, 7) is 2.83. The van der Waals surface area contributed by atoms with Gasteiger partial charge in [-0.2, -0.15) is 0 Å². The van der Waals surface area contributed by atoms with Crippen LogP contribution in [0.15, 0.2) is 67.1 Å². The molecule has 4 nitrogen and oxygen atoms in total. The Morgan fingerprint density at radius 3 is 2.60 bits per heavy atom. The van der Waals surface area contributed by atoms with Crippen molar-refractivity contribution in [3.63, 3.8) is 0 Å². The zero-order chi connectivity index (χ0) is 20.8. The van der Waals surface area contributed by atoms with Gasteiger partial charge >= 0.3 is 0 Å². The maximum absolute atomic E-state index is 13.3. The van der Waals surface area contributed by atoms with Gasteiger partial charge in [-0.1, -0.05) is 18.2 Å². The molecule has 0 spiro atoms. The lowest BCUT2D eigenvalue weighted by molar-refractivity contribution is 0.401. The summed E-state index contributed by atoms with van der Waals surface area (Å²) in [5.74, 6) is 0.411. The summed E-state index contributed by atoms with van der Waals surface area (Å²) in [4.78, 5) is 4.35. The number of ether oxygens (including phenoxy) is 1. The molecule has 30 heavy (non-hydrogen) atoms. The fraction of sp³-hybridized carbons (Fsp3) is 0.160. The molecule has 3 heterocycles. The number of aryl methyl sites for hydroxylation is 2. The third-order valence-corrected chi connectivity index (χ3v) is 5.72. The van der Waals surface area contributed by atoms with E-state index in [-0.39, 0.29) is 5.82 Å². The number of pyridine rings is 1. The minimum atomic E-state index is -0.213. The van der Waals surface area contributed by atoms with Crippen LogP contribution < -0.4 is 4.74 Å².